The van der Waals surface area contributed by atoms with Gasteiger partial charge < -0.3 is 19.7 Å². The summed E-state index contributed by atoms with van der Waals surface area (Å²) in [5.74, 6) is 0.600. The van der Waals surface area contributed by atoms with Gasteiger partial charge in [0, 0.05) is 25.1 Å². The highest BCUT2D eigenvalue weighted by Crippen LogP contribution is 2.30. The highest BCUT2D eigenvalue weighted by Gasteiger charge is 2.35. The Morgan fingerprint density at radius 2 is 1.90 bits per heavy atom. The second-order valence-corrected chi connectivity index (χ2v) is 8.16. The second-order valence-electron chi connectivity index (χ2n) is 7.10. The molecule has 2 heterocycles. The van der Waals surface area contributed by atoms with Gasteiger partial charge in [-0.2, -0.15) is 0 Å². The van der Waals surface area contributed by atoms with E-state index in [1.807, 2.05) is 48.5 Å². The number of anilines is 2. The van der Waals surface area contributed by atoms with Crippen molar-refractivity contribution in [3.63, 3.8) is 0 Å². The van der Waals surface area contributed by atoms with E-state index in [4.69, 9.17) is 9.47 Å². The average molecular weight is 439 g/mol. The Hall–Kier alpha value is -3.46. The number of aromatic nitrogens is 2. The molecule has 3 aromatic rings. The number of nitrogens with one attached hydrogen (secondary N) is 1. The largest absolute Gasteiger partial charge is 0.493 e. The molecule has 1 saturated heterocycles. The summed E-state index contributed by atoms with van der Waals surface area (Å²) in [6.45, 7) is 0.353. The maximum Gasteiger partial charge on any atom is 0.231 e. The van der Waals surface area contributed by atoms with Gasteiger partial charge in [-0.15, -0.1) is 10.2 Å². The van der Waals surface area contributed by atoms with Crippen LogP contribution in [0.4, 0.5) is 10.8 Å². The molecule has 4 rings (SSSR count). The Kier molecular flexibility index (Phi) is 6.13. The number of carbonyl (C=O) groups excluding carboxylic acids is 2. The predicted octanol–water partition coefficient (Wildman–Crippen LogP) is 3.14. The van der Waals surface area contributed by atoms with Crippen LogP contribution in [0.5, 0.6) is 11.5 Å². The maximum atomic E-state index is 12.7. The summed E-state index contributed by atoms with van der Waals surface area (Å²) in [5.41, 5.74) is 1.79. The van der Waals surface area contributed by atoms with Crippen LogP contribution in [0, 0.1) is 5.92 Å². The number of rotatable bonds is 7. The summed E-state index contributed by atoms with van der Waals surface area (Å²) in [4.78, 5) is 26.7. The first-order chi connectivity index (χ1) is 15.1. The molecule has 2 aromatic carbocycles. The Balaban J connectivity index is 1.38. The topological polar surface area (TPSA) is 93.7 Å². The minimum atomic E-state index is -0.425. The molecule has 0 saturated carbocycles. The molecule has 0 aliphatic carbocycles. The predicted molar refractivity (Wildman–Crippen MR) is 118 cm³/mol. The Labute approximate surface area is 183 Å². The van der Waals surface area contributed by atoms with Crippen LogP contribution >= 0.6 is 11.3 Å². The molecule has 31 heavy (non-hydrogen) atoms. The third kappa shape index (κ3) is 4.66. The number of hydrogen-bond donors (Lipinski definition) is 1. The summed E-state index contributed by atoms with van der Waals surface area (Å²) < 4.78 is 10.6. The average Bonchev–Trinajstić information content (AvgIpc) is 3.40. The van der Waals surface area contributed by atoms with Crippen molar-refractivity contribution in [2.75, 3.05) is 31.0 Å². The van der Waals surface area contributed by atoms with E-state index in [0.717, 1.165) is 16.3 Å². The van der Waals surface area contributed by atoms with E-state index in [0.29, 0.717) is 29.6 Å². The fourth-order valence-corrected chi connectivity index (χ4v) is 4.27. The quantitative estimate of drug-likeness (QED) is 0.609. The van der Waals surface area contributed by atoms with Crippen molar-refractivity contribution in [3.05, 3.63) is 59.1 Å². The zero-order chi connectivity index (χ0) is 21.8. The second kappa shape index (κ2) is 9.13. The fraction of sp³-hybridized carbons (Fsp3) is 0.273. The Bertz CT molecular complexity index is 1090. The first-order valence-electron chi connectivity index (χ1n) is 9.77. The minimum absolute atomic E-state index is 0.0576. The van der Waals surface area contributed by atoms with Crippen molar-refractivity contribution in [2.24, 2.45) is 5.92 Å². The lowest BCUT2D eigenvalue weighted by Gasteiger charge is -2.16. The van der Waals surface area contributed by atoms with Crippen LogP contribution in [-0.2, 0) is 16.0 Å². The van der Waals surface area contributed by atoms with Gasteiger partial charge in [-0.25, -0.2) is 0 Å². The molecule has 0 bridgehead atoms. The van der Waals surface area contributed by atoms with Crippen LogP contribution in [0.15, 0.2) is 48.5 Å². The third-order valence-corrected chi connectivity index (χ3v) is 5.90. The molecule has 1 N–H and O–H groups in total. The number of benzene rings is 2. The third-order valence-electron chi connectivity index (χ3n) is 5.06. The number of amides is 2. The maximum absolute atomic E-state index is 12.7. The van der Waals surface area contributed by atoms with Gasteiger partial charge in [-0.3, -0.25) is 9.59 Å². The highest BCUT2D eigenvalue weighted by atomic mass is 32.1. The van der Waals surface area contributed by atoms with Crippen molar-refractivity contribution in [1.29, 1.82) is 0 Å². The molecule has 1 fully saturated rings. The molecule has 1 aliphatic heterocycles. The van der Waals surface area contributed by atoms with E-state index >= 15 is 0 Å². The van der Waals surface area contributed by atoms with Crippen molar-refractivity contribution in [3.8, 4) is 11.5 Å². The summed E-state index contributed by atoms with van der Waals surface area (Å²) in [7, 11) is 3.18. The number of carbonyl (C=O) groups is 2. The molecule has 160 valence electrons. The van der Waals surface area contributed by atoms with Gasteiger partial charge in [0.05, 0.1) is 20.1 Å². The molecular weight excluding hydrogens is 416 g/mol. The van der Waals surface area contributed by atoms with E-state index < -0.39 is 5.92 Å². The van der Waals surface area contributed by atoms with Gasteiger partial charge in [-0.05, 0) is 29.8 Å². The van der Waals surface area contributed by atoms with Gasteiger partial charge in [-0.1, -0.05) is 35.6 Å². The van der Waals surface area contributed by atoms with E-state index in [1.165, 1.54) is 11.3 Å². The first kappa shape index (κ1) is 20.8. The Morgan fingerprint density at radius 3 is 2.65 bits per heavy atom. The minimum Gasteiger partial charge on any atom is -0.493 e. The molecule has 0 spiro atoms. The molecule has 9 heteroatoms. The molecule has 1 aromatic heterocycles. The molecule has 8 nitrogen and oxygen atoms in total. The molecule has 0 radical (unpaired) electrons. The number of ether oxygens (including phenoxy) is 2. The number of hydrogen-bond acceptors (Lipinski definition) is 7. The van der Waals surface area contributed by atoms with E-state index in [2.05, 4.69) is 15.5 Å². The van der Waals surface area contributed by atoms with Crippen molar-refractivity contribution in [1.82, 2.24) is 10.2 Å². The summed E-state index contributed by atoms with van der Waals surface area (Å²) in [6.07, 6.45) is 0.732. The first-order valence-corrected chi connectivity index (χ1v) is 10.6. The number of nitrogens with zero attached hydrogens (tertiary/aromatic N) is 3. The number of methoxy groups -OCH3 is 2. The molecular formula is C22H22N4O4S. The van der Waals surface area contributed by atoms with Crippen LogP contribution in [0.1, 0.15) is 17.0 Å². The SMILES string of the molecule is COc1ccc(Cc2nnc(NC(=O)C3CC(=O)N(c4ccccc4)C3)s2)cc1OC. The van der Waals surface area contributed by atoms with Crippen molar-refractivity contribution < 1.29 is 19.1 Å². The van der Waals surface area contributed by atoms with E-state index in [-0.39, 0.29) is 18.2 Å². The van der Waals surface area contributed by atoms with Crippen molar-refractivity contribution >= 4 is 34.0 Å². The lowest BCUT2D eigenvalue weighted by molar-refractivity contribution is -0.122. The van der Waals surface area contributed by atoms with Gasteiger partial charge >= 0.3 is 0 Å². The summed E-state index contributed by atoms with van der Waals surface area (Å²) in [5, 5.41) is 12.2. The highest BCUT2D eigenvalue weighted by molar-refractivity contribution is 7.15. The van der Waals surface area contributed by atoms with Crippen LogP contribution in [0.3, 0.4) is 0 Å². The fourth-order valence-electron chi connectivity index (χ4n) is 3.49. The lowest BCUT2D eigenvalue weighted by Crippen LogP contribution is -2.28. The van der Waals surface area contributed by atoms with Crippen molar-refractivity contribution in [2.45, 2.75) is 12.8 Å². The number of para-hydroxylation sites is 1. The van der Waals surface area contributed by atoms with Gasteiger partial charge in [0.2, 0.25) is 16.9 Å². The van der Waals surface area contributed by atoms with E-state index in [1.54, 1.807) is 19.1 Å². The van der Waals surface area contributed by atoms with E-state index in [9.17, 15) is 9.59 Å². The van der Waals surface area contributed by atoms with Crippen LogP contribution in [-0.4, -0.2) is 42.8 Å². The van der Waals surface area contributed by atoms with Gasteiger partial charge in [0.25, 0.3) is 0 Å². The zero-order valence-electron chi connectivity index (χ0n) is 17.2. The van der Waals surface area contributed by atoms with Crippen LogP contribution in [0.2, 0.25) is 0 Å². The molecule has 1 atom stereocenters. The van der Waals surface area contributed by atoms with Gasteiger partial charge in [0.1, 0.15) is 5.01 Å². The summed E-state index contributed by atoms with van der Waals surface area (Å²) >= 11 is 1.31. The summed E-state index contributed by atoms with van der Waals surface area (Å²) in [6, 6.07) is 15.0. The standard InChI is InChI=1S/C22H22N4O4S/c1-29-17-9-8-14(10-18(17)30-2)11-19-24-25-22(31-19)23-21(28)15-12-20(27)26(13-15)16-6-4-3-5-7-16/h3-10,15H,11-13H2,1-2H3,(H,23,25,28). The Morgan fingerprint density at radius 1 is 1.13 bits per heavy atom. The van der Waals surface area contributed by atoms with Crippen LogP contribution in [0.25, 0.3) is 0 Å². The normalized spacial score (nSPS) is 15.7. The van der Waals surface area contributed by atoms with Gasteiger partial charge in [0.15, 0.2) is 11.5 Å². The molecule has 1 aliphatic rings. The monoisotopic (exact) mass is 438 g/mol. The molecule has 1 unspecified atom stereocenters. The van der Waals surface area contributed by atoms with Crippen LogP contribution < -0.4 is 19.7 Å². The molecule has 2 amide bonds. The lowest BCUT2D eigenvalue weighted by atomic mass is 10.1. The zero-order valence-corrected chi connectivity index (χ0v) is 18.0. The smallest absolute Gasteiger partial charge is 0.231 e.